The van der Waals surface area contributed by atoms with Gasteiger partial charge in [-0.25, -0.2) is 0 Å². The van der Waals surface area contributed by atoms with Crippen LogP contribution in [0.15, 0.2) is 24.3 Å². The third kappa shape index (κ3) is 4.04. The van der Waals surface area contributed by atoms with Crippen molar-refractivity contribution in [3.63, 3.8) is 0 Å². The first kappa shape index (κ1) is 12.4. The van der Waals surface area contributed by atoms with Gasteiger partial charge in [-0.3, -0.25) is 4.79 Å². The largest absolute Gasteiger partial charge is 0.354 e. The van der Waals surface area contributed by atoms with E-state index in [-0.39, 0.29) is 11.3 Å². The van der Waals surface area contributed by atoms with Crippen LogP contribution in [-0.4, -0.2) is 17.8 Å². The molecular weight excluding hydrogens is 234 g/mol. The Morgan fingerprint density at radius 3 is 2.65 bits per heavy atom. The fraction of sp³-hybridized carbons (Fsp3) is 0.500. The van der Waals surface area contributed by atoms with E-state index in [0.29, 0.717) is 18.9 Å². The van der Waals surface area contributed by atoms with Gasteiger partial charge in [-0.05, 0) is 31.2 Å². The van der Waals surface area contributed by atoms with Crippen molar-refractivity contribution in [1.82, 2.24) is 5.32 Å². The zero-order valence-electron chi connectivity index (χ0n) is 10.1. The molecule has 0 heterocycles. The van der Waals surface area contributed by atoms with E-state index in [1.807, 2.05) is 31.2 Å². The number of carbonyl (C=O) groups excluding carboxylic acids is 1. The molecule has 1 N–H and O–H groups in total. The maximum absolute atomic E-state index is 11.7. The Morgan fingerprint density at radius 2 is 2.06 bits per heavy atom. The number of halogens is 1. The number of benzene rings is 1. The van der Waals surface area contributed by atoms with Crippen molar-refractivity contribution in [3.05, 3.63) is 35.4 Å². The lowest BCUT2D eigenvalue weighted by atomic mass is 10.1. The first-order valence-corrected chi connectivity index (χ1v) is 6.55. The Balaban J connectivity index is 1.74. The van der Waals surface area contributed by atoms with Gasteiger partial charge in [-0.15, -0.1) is 11.6 Å². The third-order valence-electron chi connectivity index (χ3n) is 3.11. The van der Waals surface area contributed by atoms with Crippen molar-refractivity contribution in [2.24, 2.45) is 5.92 Å². The lowest BCUT2D eigenvalue weighted by Crippen LogP contribution is -2.31. The van der Waals surface area contributed by atoms with Crippen LogP contribution < -0.4 is 5.32 Å². The summed E-state index contributed by atoms with van der Waals surface area (Å²) in [6.45, 7) is 2.63. The summed E-state index contributed by atoms with van der Waals surface area (Å²) in [6.07, 6.45) is 2.86. The van der Waals surface area contributed by atoms with Gasteiger partial charge in [0.1, 0.15) is 0 Å². The van der Waals surface area contributed by atoms with Gasteiger partial charge >= 0.3 is 0 Å². The van der Waals surface area contributed by atoms with Gasteiger partial charge in [0.15, 0.2) is 0 Å². The predicted molar refractivity (Wildman–Crippen MR) is 70.3 cm³/mol. The lowest BCUT2D eigenvalue weighted by Gasteiger charge is -2.09. The summed E-state index contributed by atoms with van der Waals surface area (Å²) >= 11 is 6.13. The minimum absolute atomic E-state index is 0.0557. The molecule has 1 atom stereocenters. The Kier molecular flexibility index (Phi) is 4.06. The zero-order valence-corrected chi connectivity index (χ0v) is 10.8. The number of amides is 1. The lowest BCUT2D eigenvalue weighted by molar-refractivity contribution is -0.120. The number of hydrogen-bond acceptors (Lipinski definition) is 1. The highest BCUT2D eigenvalue weighted by Gasteiger charge is 2.29. The molecule has 2 rings (SSSR count). The van der Waals surface area contributed by atoms with Crippen LogP contribution in [0.5, 0.6) is 0 Å². The number of nitrogens with one attached hydrogen (secondary N) is 1. The first-order chi connectivity index (χ1) is 8.15. The van der Waals surface area contributed by atoms with Crippen molar-refractivity contribution in [2.45, 2.75) is 31.6 Å². The van der Waals surface area contributed by atoms with E-state index in [0.717, 1.165) is 5.56 Å². The second-order valence-electron chi connectivity index (χ2n) is 4.82. The minimum atomic E-state index is 0.0557. The van der Waals surface area contributed by atoms with Crippen LogP contribution in [0.4, 0.5) is 0 Å². The average Bonchev–Trinajstić information content (AvgIpc) is 3.13. The van der Waals surface area contributed by atoms with E-state index in [1.54, 1.807) is 0 Å². The molecule has 0 bridgehead atoms. The van der Waals surface area contributed by atoms with Gasteiger partial charge < -0.3 is 5.32 Å². The van der Waals surface area contributed by atoms with Gasteiger partial charge in [0.2, 0.25) is 5.91 Å². The standard InChI is InChI=1S/C14H18ClNO/c1-10-2-4-11(5-3-10)8-14(17)16-9-13(15)12-6-7-12/h2-5,12-13H,6-9H2,1H3,(H,16,17). The normalized spacial score (nSPS) is 16.6. The molecule has 1 amide bonds. The molecule has 1 aliphatic carbocycles. The topological polar surface area (TPSA) is 29.1 Å². The molecule has 1 fully saturated rings. The summed E-state index contributed by atoms with van der Waals surface area (Å²) in [5, 5.41) is 3.00. The van der Waals surface area contributed by atoms with E-state index in [4.69, 9.17) is 11.6 Å². The molecule has 1 aromatic rings. The highest BCUT2D eigenvalue weighted by atomic mass is 35.5. The van der Waals surface area contributed by atoms with Crippen molar-refractivity contribution >= 4 is 17.5 Å². The summed E-state index contributed by atoms with van der Waals surface area (Å²) in [5.74, 6) is 0.677. The number of hydrogen-bond donors (Lipinski definition) is 1. The molecule has 1 unspecified atom stereocenters. The highest BCUT2D eigenvalue weighted by molar-refractivity contribution is 6.21. The van der Waals surface area contributed by atoms with E-state index in [9.17, 15) is 4.79 Å². The molecule has 3 heteroatoms. The van der Waals surface area contributed by atoms with Crippen LogP contribution in [0.3, 0.4) is 0 Å². The van der Waals surface area contributed by atoms with Crippen LogP contribution in [0.2, 0.25) is 0 Å². The summed E-state index contributed by atoms with van der Waals surface area (Å²) < 4.78 is 0. The predicted octanol–water partition coefficient (Wildman–Crippen LogP) is 2.67. The number of rotatable bonds is 5. The van der Waals surface area contributed by atoms with Crippen molar-refractivity contribution in [2.75, 3.05) is 6.54 Å². The molecule has 0 aromatic heterocycles. The van der Waals surface area contributed by atoms with Gasteiger partial charge in [0.05, 0.1) is 11.8 Å². The molecule has 17 heavy (non-hydrogen) atoms. The van der Waals surface area contributed by atoms with E-state index < -0.39 is 0 Å². The van der Waals surface area contributed by atoms with Gasteiger partial charge in [-0.1, -0.05) is 29.8 Å². The average molecular weight is 252 g/mol. The highest BCUT2D eigenvalue weighted by Crippen LogP contribution is 2.35. The molecule has 0 saturated heterocycles. The molecule has 0 radical (unpaired) electrons. The second kappa shape index (κ2) is 5.54. The Hall–Kier alpha value is -1.02. The Morgan fingerprint density at radius 1 is 1.41 bits per heavy atom. The molecule has 1 saturated carbocycles. The smallest absolute Gasteiger partial charge is 0.224 e. The molecule has 0 spiro atoms. The van der Waals surface area contributed by atoms with Gasteiger partial charge in [-0.2, -0.15) is 0 Å². The number of aryl methyl sites for hydroxylation is 1. The summed E-state index contributed by atoms with van der Waals surface area (Å²) in [5.41, 5.74) is 2.26. The molecule has 1 aliphatic rings. The number of alkyl halides is 1. The van der Waals surface area contributed by atoms with Crippen LogP contribution >= 0.6 is 11.6 Å². The van der Waals surface area contributed by atoms with E-state index in [1.165, 1.54) is 18.4 Å². The van der Waals surface area contributed by atoms with Crippen LogP contribution in [0, 0.1) is 12.8 Å². The summed E-state index contributed by atoms with van der Waals surface area (Å²) in [6, 6.07) is 8.04. The van der Waals surface area contributed by atoms with Crippen LogP contribution in [0.1, 0.15) is 24.0 Å². The van der Waals surface area contributed by atoms with Gasteiger partial charge in [0.25, 0.3) is 0 Å². The van der Waals surface area contributed by atoms with Crippen LogP contribution in [0.25, 0.3) is 0 Å². The molecule has 0 aliphatic heterocycles. The third-order valence-corrected chi connectivity index (χ3v) is 3.62. The molecule has 1 aromatic carbocycles. The quantitative estimate of drug-likeness (QED) is 0.801. The van der Waals surface area contributed by atoms with E-state index >= 15 is 0 Å². The Bertz CT molecular complexity index is 384. The van der Waals surface area contributed by atoms with E-state index in [2.05, 4.69) is 5.32 Å². The van der Waals surface area contributed by atoms with Crippen LogP contribution in [-0.2, 0) is 11.2 Å². The molecule has 92 valence electrons. The second-order valence-corrected chi connectivity index (χ2v) is 5.38. The Labute approximate surface area is 107 Å². The zero-order chi connectivity index (χ0) is 12.3. The van der Waals surface area contributed by atoms with Gasteiger partial charge in [0, 0.05) is 6.54 Å². The maximum atomic E-state index is 11.7. The fourth-order valence-corrected chi connectivity index (χ4v) is 2.12. The monoisotopic (exact) mass is 251 g/mol. The SMILES string of the molecule is Cc1ccc(CC(=O)NCC(Cl)C2CC2)cc1. The van der Waals surface area contributed by atoms with Crippen molar-refractivity contribution in [3.8, 4) is 0 Å². The van der Waals surface area contributed by atoms with Crippen molar-refractivity contribution in [1.29, 1.82) is 0 Å². The number of carbonyl (C=O) groups is 1. The minimum Gasteiger partial charge on any atom is -0.354 e. The fourth-order valence-electron chi connectivity index (χ4n) is 1.79. The molecular formula is C14H18ClNO. The molecule has 2 nitrogen and oxygen atoms in total. The summed E-state index contributed by atoms with van der Waals surface area (Å²) in [4.78, 5) is 11.7. The van der Waals surface area contributed by atoms with Crippen molar-refractivity contribution < 1.29 is 4.79 Å². The summed E-state index contributed by atoms with van der Waals surface area (Å²) in [7, 11) is 0. The maximum Gasteiger partial charge on any atom is 0.224 e. The first-order valence-electron chi connectivity index (χ1n) is 6.11.